The molecule has 2 N–H and O–H groups in total. The van der Waals surface area contributed by atoms with Crippen LogP contribution in [0.5, 0.6) is 0 Å². The van der Waals surface area contributed by atoms with Crippen LogP contribution in [0.1, 0.15) is 28.4 Å². The van der Waals surface area contributed by atoms with Gasteiger partial charge in [0, 0.05) is 26.1 Å². The fraction of sp³-hybridized carbons (Fsp3) is 0.333. The Morgan fingerprint density at radius 3 is 2.54 bits per heavy atom. The second-order valence-electron chi connectivity index (χ2n) is 6.51. The largest absolute Gasteiger partial charge is 0.338 e. The molecule has 0 aliphatic carbocycles. The summed E-state index contributed by atoms with van der Waals surface area (Å²) in [5, 5.41) is 4.14. The lowest BCUT2D eigenvalue weighted by atomic mass is 10.1. The van der Waals surface area contributed by atoms with Crippen LogP contribution >= 0.6 is 0 Å². The van der Waals surface area contributed by atoms with Crippen LogP contribution in [0, 0.1) is 6.92 Å². The molecule has 1 heterocycles. The SMILES string of the molecule is Cc1ccccc1Cc1noc(CN(CCN)CCc2ccccc2)n1. The monoisotopic (exact) mass is 350 g/mol. The Kier molecular flexibility index (Phi) is 6.52. The molecular weight excluding hydrogens is 324 g/mol. The van der Waals surface area contributed by atoms with Crippen molar-refractivity contribution in [1.29, 1.82) is 0 Å². The smallest absolute Gasteiger partial charge is 0.240 e. The number of hydrogen-bond acceptors (Lipinski definition) is 5. The molecule has 2 aromatic carbocycles. The van der Waals surface area contributed by atoms with E-state index in [1.807, 2.05) is 18.2 Å². The van der Waals surface area contributed by atoms with Crippen molar-refractivity contribution in [3.63, 3.8) is 0 Å². The number of benzene rings is 2. The first-order chi connectivity index (χ1) is 12.7. The molecule has 5 heteroatoms. The van der Waals surface area contributed by atoms with Crippen molar-refractivity contribution in [1.82, 2.24) is 15.0 Å². The molecule has 5 nitrogen and oxygen atoms in total. The minimum Gasteiger partial charge on any atom is -0.338 e. The van der Waals surface area contributed by atoms with Gasteiger partial charge in [0.2, 0.25) is 5.89 Å². The van der Waals surface area contributed by atoms with Crippen LogP contribution in [-0.4, -0.2) is 34.7 Å². The molecule has 3 aromatic rings. The first-order valence-corrected chi connectivity index (χ1v) is 9.07. The van der Waals surface area contributed by atoms with Crippen molar-refractivity contribution >= 4 is 0 Å². The van der Waals surface area contributed by atoms with Crippen molar-refractivity contribution in [3.8, 4) is 0 Å². The fourth-order valence-corrected chi connectivity index (χ4v) is 2.98. The maximum absolute atomic E-state index is 5.77. The van der Waals surface area contributed by atoms with E-state index in [0.29, 0.717) is 25.4 Å². The van der Waals surface area contributed by atoms with Crippen LogP contribution in [0.2, 0.25) is 0 Å². The third-order valence-electron chi connectivity index (χ3n) is 4.48. The summed E-state index contributed by atoms with van der Waals surface area (Å²) in [4.78, 5) is 6.83. The number of nitrogens with zero attached hydrogens (tertiary/aromatic N) is 3. The molecule has 0 radical (unpaired) electrons. The van der Waals surface area contributed by atoms with Gasteiger partial charge in [0.05, 0.1) is 6.54 Å². The van der Waals surface area contributed by atoms with Gasteiger partial charge in [0.25, 0.3) is 0 Å². The van der Waals surface area contributed by atoms with E-state index in [4.69, 9.17) is 10.3 Å². The van der Waals surface area contributed by atoms with E-state index in [9.17, 15) is 0 Å². The molecule has 0 spiro atoms. The van der Waals surface area contributed by atoms with E-state index in [1.54, 1.807) is 0 Å². The number of aryl methyl sites for hydroxylation is 1. The Labute approximate surface area is 154 Å². The van der Waals surface area contributed by atoms with Crippen LogP contribution in [-0.2, 0) is 19.4 Å². The van der Waals surface area contributed by atoms with Crippen molar-refractivity contribution in [3.05, 3.63) is 83.0 Å². The summed E-state index contributed by atoms with van der Waals surface area (Å²) in [5.41, 5.74) is 9.55. The minimum atomic E-state index is 0.610. The van der Waals surface area contributed by atoms with E-state index in [0.717, 1.165) is 25.3 Å². The summed E-state index contributed by atoms with van der Waals surface area (Å²) in [5.74, 6) is 1.38. The van der Waals surface area contributed by atoms with Gasteiger partial charge in [-0.15, -0.1) is 0 Å². The van der Waals surface area contributed by atoms with E-state index in [-0.39, 0.29) is 0 Å². The van der Waals surface area contributed by atoms with Gasteiger partial charge in [-0.3, -0.25) is 4.90 Å². The van der Waals surface area contributed by atoms with Crippen LogP contribution in [0.4, 0.5) is 0 Å². The lowest BCUT2D eigenvalue weighted by Crippen LogP contribution is -2.31. The molecule has 0 saturated heterocycles. The maximum Gasteiger partial charge on any atom is 0.240 e. The van der Waals surface area contributed by atoms with Crippen LogP contribution in [0.15, 0.2) is 59.1 Å². The Hall–Kier alpha value is -2.50. The number of hydrogen-bond donors (Lipinski definition) is 1. The molecule has 0 aliphatic rings. The molecular formula is C21H26N4O. The highest BCUT2D eigenvalue weighted by Gasteiger charge is 2.13. The quantitative estimate of drug-likeness (QED) is 0.642. The van der Waals surface area contributed by atoms with Gasteiger partial charge in [0.15, 0.2) is 5.82 Å². The van der Waals surface area contributed by atoms with Gasteiger partial charge in [-0.05, 0) is 30.0 Å². The predicted octanol–water partition coefficient (Wildman–Crippen LogP) is 2.97. The van der Waals surface area contributed by atoms with Gasteiger partial charge >= 0.3 is 0 Å². The lowest BCUT2D eigenvalue weighted by molar-refractivity contribution is 0.233. The standard InChI is InChI=1S/C21H26N4O/c1-17-7-5-6-10-19(17)15-20-23-21(26-24-20)16-25(14-12-22)13-11-18-8-3-2-4-9-18/h2-10H,11-16,22H2,1H3. The third kappa shape index (κ3) is 5.25. The van der Waals surface area contributed by atoms with E-state index < -0.39 is 0 Å². The molecule has 0 unspecified atom stereocenters. The molecule has 0 amide bonds. The van der Waals surface area contributed by atoms with E-state index in [2.05, 4.69) is 58.4 Å². The molecule has 3 rings (SSSR count). The Morgan fingerprint density at radius 2 is 1.77 bits per heavy atom. The zero-order chi connectivity index (χ0) is 18.2. The highest BCUT2D eigenvalue weighted by atomic mass is 16.5. The molecule has 0 fully saturated rings. The van der Waals surface area contributed by atoms with Gasteiger partial charge in [0.1, 0.15) is 0 Å². The topological polar surface area (TPSA) is 68.2 Å². The molecule has 1 aromatic heterocycles. The zero-order valence-electron chi connectivity index (χ0n) is 15.3. The fourth-order valence-electron chi connectivity index (χ4n) is 2.98. The average molecular weight is 350 g/mol. The van der Waals surface area contributed by atoms with Crippen LogP contribution in [0.3, 0.4) is 0 Å². The van der Waals surface area contributed by atoms with Crippen LogP contribution in [0.25, 0.3) is 0 Å². The first kappa shape index (κ1) is 18.3. The maximum atomic E-state index is 5.77. The van der Waals surface area contributed by atoms with Gasteiger partial charge in [-0.2, -0.15) is 4.98 Å². The number of nitrogens with two attached hydrogens (primary N) is 1. The van der Waals surface area contributed by atoms with Gasteiger partial charge < -0.3 is 10.3 Å². The molecule has 26 heavy (non-hydrogen) atoms. The minimum absolute atomic E-state index is 0.610. The molecule has 0 atom stereocenters. The third-order valence-corrected chi connectivity index (χ3v) is 4.48. The Bertz CT molecular complexity index is 801. The van der Waals surface area contributed by atoms with Crippen molar-refractivity contribution in [2.24, 2.45) is 5.73 Å². The van der Waals surface area contributed by atoms with E-state index >= 15 is 0 Å². The first-order valence-electron chi connectivity index (χ1n) is 9.07. The normalized spacial score (nSPS) is 11.2. The van der Waals surface area contributed by atoms with Gasteiger partial charge in [-0.1, -0.05) is 59.8 Å². The molecule has 136 valence electrons. The van der Waals surface area contributed by atoms with Crippen molar-refractivity contribution < 1.29 is 4.52 Å². The summed E-state index contributed by atoms with van der Waals surface area (Å²) in [7, 11) is 0. The van der Waals surface area contributed by atoms with Crippen molar-refractivity contribution in [2.45, 2.75) is 26.3 Å². The summed E-state index contributed by atoms with van der Waals surface area (Å²) >= 11 is 0. The van der Waals surface area contributed by atoms with Crippen LogP contribution < -0.4 is 5.73 Å². The summed E-state index contributed by atoms with van der Waals surface area (Å²) in [6, 6.07) is 18.7. The number of aromatic nitrogens is 2. The highest BCUT2D eigenvalue weighted by Crippen LogP contribution is 2.12. The summed E-state index contributed by atoms with van der Waals surface area (Å²) in [6.45, 7) is 5.06. The molecule has 0 bridgehead atoms. The van der Waals surface area contributed by atoms with Gasteiger partial charge in [-0.25, -0.2) is 0 Å². The summed E-state index contributed by atoms with van der Waals surface area (Å²) < 4.78 is 5.46. The number of rotatable bonds is 9. The average Bonchev–Trinajstić information content (AvgIpc) is 3.10. The lowest BCUT2D eigenvalue weighted by Gasteiger charge is -2.19. The zero-order valence-corrected chi connectivity index (χ0v) is 15.3. The summed E-state index contributed by atoms with van der Waals surface area (Å²) in [6.07, 6.45) is 1.67. The predicted molar refractivity (Wildman–Crippen MR) is 103 cm³/mol. The van der Waals surface area contributed by atoms with E-state index in [1.165, 1.54) is 16.7 Å². The highest BCUT2D eigenvalue weighted by molar-refractivity contribution is 5.28. The molecule has 0 aliphatic heterocycles. The Balaban J connectivity index is 1.59. The Morgan fingerprint density at radius 1 is 1.00 bits per heavy atom. The molecule has 0 saturated carbocycles. The second-order valence-corrected chi connectivity index (χ2v) is 6.51. The van der Waals surface area contributed by atoms with Crippen molar-refractivity contribution in [2.75, 3.05) is 19.6 Å². The second kappa shape index (κ2) is 9.27.